The van der Waals surface area contributed by atoms with Crippen LogP contribution in [-0.4, -0.2) is 62.0 Å². The van der Waals surface area contributed by atoms with Crippen LogP contribution in [0.5, 0.6) is 0 Å². The fraction of sp³-hybridized carbons (Fsp3) is 0.923. The van der Waals surface area contributed by atoms with Gasteiger partial charge in [0.1, 0.15) is 0 Å². The second-order valence-corrected chi connectivity index (χ2v) is 5.56. The van der Waals surface area contributed by atoms with Crippen LogP contribution in [0.3, 0.4) is 0 Å². The highest BCUT2D eigenvalue weighted by Crippen LogP contribution is 2.16. The van der Waals surface area contributed by atoms with Crippen molar-refractivity contribution in [2.75, 3.05) is 34.2 Å². The maximum atomic E-state index is 12.5. The van der Waals surface area contributed by atoms with Crippen molar-refractivity contribution < 1.29 is 4.79 Å². The number of halogens is 2. The zero-order valence-electron chi connectivity index (χ0n) is 12.7. The van der Waals surface area contributed by atoms with Gasteiger partial charge in [0.2, 0.25) is 5.91 Å². The summed E-state index contributed by atoms with van der Waals surface area (Å²) in [5.41, 5.74) is 0. The molecule has 0 aromatic heterocycles. The van der Waals surface area contributed by atoms with Crippen LogP contribution in [0, 0.1) is 5.92 Å². The molecule has 1 amide bonds. The molecule has 1 saturated heterocycles. The average Bonchev–Trinajstić information content (AvgIpc) is 2.28. The molecular formula is C13H29Cl2N3O. The number of nitrogens with one attached hydrogen (secondary N) is 1. The molecule has 0 radical (unpaired) electrons. The average molecular weight is 314 g/mol. The Labute approximate surface area is 130 Å². The standard InChI is InChI=1S/C13H27N3O.2ClH/c1-10(2)12(15(4)5)13(17)16-8-6-7-11(9-16)14-3;;/h10-12,14H,6-9H2,1-5H3;2*1H/t11?,12-;;/m1../s1. The molecule has 2 atom stereocenters. The zero-order chi connectivity index (χ0) is 13.0. The fourth-order valence-electron chi connectivity index (χ4n) is 2.70. The Kier molecular flexibility index (Phi) is 11.0. The van der Waals surface area contributed by atoms with Crippen LogP contribution >= 0.6 is 24.8 Å². The first-order chi connectivity index (χ1) is 7.97. The molecule has 4 nitrogen and oxygen atoms in total. The van der Waals surface area contributed by atoms with Crippen LogP contribution in [-0.2, 0) is 4.79 Å². The number of carbonyl (C=O) groups excluding carboxylic acids is 1. The first-order valence-corrected chi connectivity index (χ1v) is 6.59. The van der Waals surface area contributed by atoms with Crippen LogP contribution in [0.2, 0.25) is 0 Å². The summed E-state index contributed by atoms with van der Waals surface area (Å²) in [5, 5.41) is 3.28. The van der Waals surface area contributed by atoms with Gasteiger partial charge in [0, 0.05) is 19.1 Å². The molecule has 1 N–H and O–H groups in total. The van der Waals surface area contributed by atoms with E-state index in [0.29, 0.717) is 12.0 Å². The Bertz CT molecular complexity index is 254. The van der Waals surface area contributed by atoms with Gasteiger partial charge in [-0.15, -0.1) is 24.8 Å². The van der Waals surface area contributed by atoms with Gasteiger partial charge in [-0.2, -0.15) is 0 Å². The van der Waals surface area contributed by atoms with Crippen molar-refractivity contribution in [3.05, 3.63) is 0 Å². The number of piperidine rings is 1. The molecule has 1 aliphatic rings. The lowest BCUT2D eigenvalue weighted by Crippen LogP contribution is -2.54. The van der Waals surface area contributed by atoms with E-state index in [-0.39, 0.29) is 36.8 Å². The summed E-state index contributed by atoms with van der Waals surface area (Å²) in [6.07, 6.45) is 2.28. The minimum Gasteiger partial charge on any atom is -0.340 e. The van der Waals surface area contributed by atoms with E-state index in [1.54, 1.807) is 0 Å². The molecule has 1 rings (SSSR count). The minimum atomic E-state index is 0. The van der Waals surface area contributed by atoms with Gasteiger partial charge in [-0.3, -0.25) is 9.69 Å². The lowest BCUT2D eigenvalue weighted by molar-refractivity contribution is -0.139. The third kappa shape index (κ3) is 5.86. The molecule has 1 aliphatic heterocycles. The lowest BCUT2D eigenvalue weighted by atomic mass is 9.99. The van der Waals surface area contributed by atoms with Crippen LogP contribution in [0.4, 0.5) is 0 Å². The van der Waals surface area contributed by atoms with E-state index in [4.69, 9.17) is 0 Å². The molecule has 0 aromatic carbocycles. The molecule has 0 bridgehead atoms. The number of hydrogen-bond acceptors (Lipinski definition) is 3. The molecule has 0 spiro atoms. The lowest BCUT2D eigenvalue weighted by Gasteiger charge is -2.37. The molecule has 0 saturated carbocycles. The largest absolute Gasteiger partial charge is 0.340 e. The van der Waals surface area contributed by atoms with Gasteiger partial charge in [0.25, 0.3) is 0 Å². The van der Waals surface area contributed by atoms with Gasteiger partial charge in [-0.25, -0.2) is 0 Å². The van der Waals surface area contributed by atoms with Crippen molar-refractivity contribution in [1.82, 2.24) is 15.1 Å². The molecule has 19 heavy (non-hydrogen) atoms. The van der Waals surface area contributed by atoms with E-state index < -0.39 is 0 Å². The molecule has 1 unspecified atom stereocenters. The van der Waals surface area contributed by atoms with E-state index >= 15 is 0 Å². The number of carbonyl (C=O) groups is 1. The second-order valence-electron chi connectivity index (χ2n) is 5.56. The molecule has 0 aromatic rings. The van der Waals surface area contributed by atoms with Crippen LogP contribution in [0.1, 0.15) is 26.7 Å². The van der Waals surface area contributed by atoms with Crippen LogP contribution in [0.25, 0.3) is 0 Å². The van der Waals surface area contributed by atoms with Crippen LogP contribution in [0.15, 0.2) is 0 Å². The molecular weight excluding hydrogens is 285 g/mol. The number of likely N-dealkylation sites (N-methyl/N-ethyl adjacent to an activating group) is 2. The quantitative estimate of drug-likeness (QED) is 0.857. The summed E-state index contributed by atoms with van der Waals surface area (Å²) in [7, 11) is 5.95. The van der Waals surface area contributed by atoms with Gasteiger partial charge in [0.05, 0.1) is 6.04 Å². The topological polar surface area (TPSA) is 35.6 Å². The van der Waals surface area contributed by atoms with Gasteiger partial charge in [0.15, 0.2) is 0 Å². The van der Waals surface area contributed by atoms with E-state index in [0.717, 1.165) is 19.5 Å². The van der Waals surface area contributed by atoms with E-state index in [1.807, 2.05) is 30.9 Å². The first kappa shape index (κ1) is 21.3. The van der Waals surface area contributed by atoms with Crippen molar-refractivity contribution in [3.63, 3.8) is 0 Å². The van der Waals surface area contributed by atoms with Crippen molar-refractivity contribution in [2.45, 2.75) is 38.8 Å². The number of hydrogen-bond donors (Lipinski definition) is 1. The SMILES string of the molecule is CNC1CCCN(C(=O)[C@@H](C(C)C)N(C)C)C1.Cl.Cl. The number of nitrogens with zero attached hydrogens (tertiary/aromatic N) is 2. The second kappa shape index (κ2) is 9.81. The first-order valence-electron chi connectivity index (χ1n) is 6.59. The highest BCUT2D eigenvalue weighted by atomic mass is 35.5. The normalized spacial score (nSPS) is 20.8. The number of likely N-dealkylation sites (tertiary alicyclic amines) is 1. The van der Waals surface area contributed by atoms with Gasteiger partial charge in [-0.1, -0.05) is 13.8 Å². The van der Waals surface area contributed by atoms with Crippen molar-refractivity contribution in [2.24, 2.45) is 5.92 Å². The zero-order valence-corrected chi connectivity index (χ0v) is 14.3. The monoisotopic (exact) mass is 313 g/mol. The summed E-state index contributed by atoms with van der Waals surface area (Å²) in [6, 6.07) is 0.466. The maximum Gasteiger partial charge on any atom is 0.240 e. The molecule has 6 heteroatoms. The summed E-state index contributed by atoms with van der Waals surface area (Å²) in [5.74, 6) is 0.636. The van der Waals surface area contributed by atoms with Crippen molar-refractivity contribution >= 4 is 30.7 Å². The van der Waals surface area contributed by atoms with Gasteiger partial charge >= 0.3 is 0 Å². The Morgan fingerprint density at radius 1 is 1.32 bits per heavy atom. The summed E-state index contributed by atoms with van der Waals surface area (Å²) < 4.78 is 0. The predicted molar refractivity (Wildman–Crippen MR) is 85.5 cm³/mol. The van der Waals surface area contributed by atoms with Crippen molar-refractivity contribution in [1.29, 1.82) is 0 Å². The van der Waals surface area contributed by atoms with Crippen LogP contribution < -0.4 is 5.32 Å². The third-order valence-corrected chi connectivity index (χ3v) is 3.58. The smallest absolute Gasteiger partial charge is 0.240 e. The Hall–Kier alpha value is -0.0300. The molecule has 1 heterocycles. The Morgan fingerprint density at radius 2 is 1.89 bits per heavy atom. The maximum absolute atomic E-state index is 12.5. The Morgan fingerprint density at radius 3 is 2.32 bits per heavy atom. The van der Waals surface area contributed by atoms with E-state index in [2.05, 4.69) is 19.2 Å². The highest BCUT2D eigenvalue weighted by molar-refractivity contribution is 5.85. The molecule has 0 aliphatic carbocycles. The van der Waals surface area contributed by atoms with E-state index in [9.17, 15) is 4.79 Å². The molecule has 116 valence electrons. The molecule has 1 fully saturated rings. The van der Waals surface area contributed by atoms with Gasteiger partial charge < -0.3 is 10.2 Å². The predicted octanol–water partition coefficient (Wildman–Crippen LogP) is 1.63. The third-order valence-electron chi connectivity index (χ3n) is 3.58. The highest BCUT2D eigenvalue weighted by Gasteiger charge is 2.31. The number of amides is 1. The minimum absolute atomic E-state index is 0. The summed E-state index contributed by atoms with van der Waals surface area (Å²) in [4.78, 5) is 16.6. The van der Waals surface area contributed by atoms with E-state index in [1.165, 1.54) is 6.42 Å². The van der Waals surface area contributed by atoms with Crippen molar-refractivity contribution in [3.8, 4) is 0 Å². The summed E-state index contributed by atoms with van der Waals surface area (Å²) in [6.45, 7) is 5.99. The fourth-order valence-corrected chi connectivity index (χ4v) is 2.70. The number of rotatable bonds is 4. The Balaban J connectivity index is 0. The summed E-state index contributed by atoms with van der Waals surface area (Å²) >= 11 is 0. The van der Waals surface area contributed by atoms with Gasteiger partial charge in [-0.05, 0) is 39.9 Å².